The maximum absolute atomic E-state index is 12.6. The lowest BCUT2D eigenvalue weighted by molar-refractivity contribution is -0.113. The Bertz CT molecular complexity index is 1230. The summed E-state index contributed by atoms with van der Waals surface area (Å²) in [6.45, 7) is 6.56. The standard InChI is InChI=1S/C25H28ClN5O4S/c1-4-13-35-24(34)17-9-8-10-18(14-17)28-21(32)15-36-25-30-29-22(31(25)5-2)16(3)27-23(33)19-11-6-7-12-20(19)26/h6-12,14,16H,4-5,13,15H2,1-3H3,(H,27,33)(H,28,32)/t16-/m0/s1. The highest BCUT2D eigenvalue weighted by Gasteiger charge is 2.21. The predicted molar refractivity (Wildman–Crippen MR) is 139 cm³/mol. The summed E-state index contributed by atoms with van der Waals surface area (Å²) in [5.74, 6) is -0.344. The molecule has 0 saturated heterocycles. The van der Waals surface area contributed by atoms with Crippen molar-refractivity contribution in [3.05, 3.63) is 70.5 Å². The van der Waals surface area contributed by atoms with E-state index >= 15 is 0 Å². The predicted octanol–water partition coefficient (Wildman–Crippen LogP) is 4.74. The molecule has 2 amide bonds. The van der Waals surface area contributed by atoms with Crippen LogP contribution >= 0.6 is 23.4 Å². The maximum atomic E-state index is 12.6. The molecule has 3 rings (SSSR count). The smallest absolute Gasteiger partial charge is 0.338 e. The van der Waals surface area contributed by atoms with Gasteiger partial charge in [-0.15, -0.1) is 10.2 Å². The van der Waals surface area contributed by atoms with Gasteiger partial charge in [-0.05, 0) is 50.6 Å². The third-order valence-corrected chi connectivity index (χ3v) is 6.36. The van der Waals surface area contributed by atoms with E-state index in [-0.39, 0.29) is 17.6 Å². The summed E-state index contributed by atoms with van der Waals surface area (Å²) in [6, 6.07) is 13.0. The average Bonchev–Trinajstić information content (AvgIpc) is 3.29. The Morgan fingerprint density at radius 2 is 1.89 bits per heavy atom. The first-order valence-corrected chi connectivity index (χ1v) is 12.9. The van der Waals surface area contributed by atoms with Crippen LogP contribution in [0.4, 0.5) is 5.69 Å². The Hall–Kier alpha value is -3.37. The van der Waals surface area contributed by atoms with E-state index in [4.69, 9.17) is 16.3 Å². The van der Waals surface area contributed by atoms with E-state index in [0.717, 1.165) is 6.42 Å². The van der Waals surface area contributed by atoms with E-state index in [1.807, 2.05) is 25.3 Å². The van der Waals surface area contributed by atoms with Crippen LogP contribution in [-0.2, 0) is 16.1 Å². The van der Waals surface area contributed by atoms with Gasteiger partial charge in [0.1, 0.15) is 0 Å². The topological polar surface area (TPSA) is 115 Å². The van der Waals surface area contributed by atoms with Crippen molar-refractivity contribution < 1.29 is 19.1 Å². The summed E-state index contributed by atoms with van der Waals surface area (Å²) in [6.07, 6.45) is 0.732. The number of hydrogen-bond donors (Lipinski definition) is 2. The molecule has 11 heteroatoms. The van der Waals surface area contributed by atoms with Crippen molar-refractivity contribution in [3.63, 3.8) is 0 Å². The second kappa shape index (κ2) is 13.1. The molecule has 36 heavy (non-hydrogen) atoms. The molecule has 0 aliphatic rings. The zero-order valence-corrected chi connectivity index (χ0v) is 21.9. The van der Waals surface area contributed by atoms with Crippen molar-refractivity contribution in [1.29, 1.82) is 0 Å². The van der Waals surface area contributed by atoms with Crippen LogP contribution in [0.5, 0.6) is 0 Å². The molecule has 0 aliphatic heterocycles. The van der Waals surface area contributed by atoms with Gasteiger partial charge in [0, 0.05) is 12.2 Å². The van der Waals surface area contributed by atoms with E-state index in [1.54, 1.807) is 48.5 Å². The summed E-state index contributed by atoms with van der Waals surface area (Å²) in [4.78, 5) is 37.2. The molecule has 0 unspecified atom stereocenters. The van der Waals surface area contributed by atoms with Crippen molar-refractivity contribution in [2.24, 2.45) is 0 Å². The quantitative estimate of drug-likeness (QED) is 0.272. The van der Waals surface area contributed by atoms with Gasteiger partial charge in [-0.3, -0.25) is 9.59 Å². The molecule has 0 radical (unpaired) electrons. The molecule has 1 aromatic heterocycles. The Morgan fingerprint density at radius 1 is 1.11 bits per heavy atom. The van der Waals surface area contributed by atoms with Gasteiger partial charge in [-0.2, -0.15) is 0 Å². The third-order valence-electron chi connectivity index (χ3n) is 5.07. The summed E-state index contributed by atoms with van der Waals surface area (Å²) >= 11 is 7.35. The van der Waals surface area contributed by atoms with Crippen molar-refractivity contribution >= 4 is 46.8 Å². The molecular weight excluding hydrogens is 502 g/mol. The van der Waals surface area contributed by atoms with Crippen LogP contribution in [0.25, 0.3) is 0 Å². The number of carbonyl (C=O) groups is 3. The molecule has 0 aliphatic carbocycles. The number of ether oxygens (including phenoxy) is 1. The fraction of sp³-hybridized carbons (Fsp3) is 0.320. The molecule has 0 saturated carbocycles. The van der Waals surface area contributed by atoms with E-state index in [1.165, 1.54) is 11.8 Å². The Morgan fingerprint density at radius 3 is 2.61 bits per heavy atom. The minimum Gasteiger partial charge on any atom is -0.462 e. The highest BCUT2D eigenvalue weighted by Crippen LogP contribution is 2.22. The van der Waals surface area contributed by atoms with Crippen molar-refractivity contribution in [3.8, 4) is 0 Å². The molecule has 1 heterocycles. The zero-order valence-electron chi connectivity index (χ0n) is 20.3. The van der Waals surface area contributed by atoms with E-state index in [0.29, 0.717) is 46.0 Å². The minimum absolute atomic E-state index is 0.0863. The van der Waals surface area contributed by atoms with Crippen LogP contribution in [0.15, 0.2) is 53.7 Å². The van der Waals surface area contributed by atoms with Gasteiger partial charge in [-0.25, -0.2) is 4.79 Å². The lowest BCUT2D eigenvalue weighted by Gasteiger charge is -2.15. The first-order valence-electron chi connectivity index (χ1n) is 11.5. The Labute approximate surface area is 219 Å². The summed E-state index contributed by atoms with van der Waals surface area (Å²) < 4.78 is 6.99. The molecule has 1 atom stereocenters. The maximum Gasteiger partial charge on any atom is 0.338 e. The van der Waals surface area contributed by atoms with Gasteiger partial charge in [0.15, 0.2) is 11.0 Å². The van der Waals surface area contributed by atoms with Crippen LogP contribution in [0.3, 0.4) is 0 Å². The first kappa shape index (κ1) is 27.2. The van der Waals surface area contributed by atoms with Crippen LogP contribution in [0.1, 0.15) is 59.8 Å². The number of benzene rings is 2. The van der Waals surface area contributed by atoms with Crippen LogP contribution < -0.4 is 10.6 Å². The molecule has 190 valence electrons. The normalized spacial score (nSPS) is 11.6. The summed E-state index contributed by atoms with van der Waals surface area (Å²) in [5, 5.41) is 15.0. The van der Waals surface area contributed by atoms with Gasteiger partial charge in [-0.1, -0.05) is 48.5 Å². The second-order valence-corrected chi connectivity index (χ2v) is 9.16. The lowest BCUT2D eigenvalue weighted by atomic mass is 10.2. The number of thioether (sulfide) groups is 1. The molecule has 3 aromatic rings. The highest BCUT2D eigenvalue weighted by atomic mass is 35.5. The number of esters is 1. The number of anilines is 1. The van der Waals surface area contributed by atoms with Gasteiger partial charge in [0.25, 0.3) is 5.91 Å². The van der Waals surface area contributed by atoms with Crippen molar-refractivity contribution in [2.45, 2.75) is 44.9 Å². The van der Waals surface area contributed by atoms with Crippen molar-refractivity contribution in [2.75, 3.05) is 17.7 Å². The largest absolute Gasteiger partial charge is 0.462 e. The van der Waals surface area contributed by atoms with Gasteiger partial charge >= 0.3 is 5.97 Å². The molecule has 0 fully saturated rings. The van der Waals surface area contributed by atoms with Crippen LogP contribution in [0.2, 0.25) is 5.02 Å². The number of halogens is 1. The van der Waals surface area contributed by atoms with E-state index in [9.17, 15) is 14.4 Å². The van der Waals surface area contributed by atoms with E-state index < -0.39 is 12.0 Å². The second-order valence-electron chi connectivity index (χ2n) is 7.81. The highest BCUT2D eigenvalue weighted by molar-refractivity contribution is 7.99. The molecular formula is C25H28ClN5O4S. The number of rotatable bonds is 11. The number of amides is 2. The number of hydrogen-bond acceptors (Lipinski definition) is 7. The van der Waals surface area contributed by atoms with Gasteiger partial charge < -0.3 is 19.9 Å². The number of nitrogens with zero attached hydrogens (tertiary/aromatic N) is 3. The van der Waals surface area contributed by atoms with Gasteiger partial charge in [0.2, 0.25) is 5.91 Å². The summed E-state index contributed by atoms with van der Waals surface area (Å²) in [7, 11) is 0. The molecule has 0 bridgehead atoms. The molecule has 9 nitrogen and oxygen atoms in total. The zero-order chi connectivity index (χ0) is 26.1. The number of nitrogens with one attached hydrogen (secondary N) is 2. The fourth-order valence-corrected chi connectivity index (χ4v) is 4.37. The van der Waals surface area contributed by atoms with Crippen LogP contribution in [0, 0.1) is 0 Å². The SMILES string of the molecule is CCCOC(=O)c1cccc(NC(=O)CSc2nnc([C@H](C)NC(=O)c3ccccc3Cl)n2CC)c1. The minimum atomic E-state index is -0.431. The Kier molecular flexibility index (Phi) is 9.89. The summed E-state index contributed by atoms with van der Waals surface area (Å²) in [5.41, 5.74) is 1.25. The molecule has 2 N–H and O–H groups in total. The third kappa shape index (κ3) is 7.08. The monoisotopic (exact) mass is 529 g/mol. The lowest BCUT2D eigenvalue weighted by Crippen LogP contribution is -2.29. The number of carbonyl (C=O) groups excluding carboxylic acids is 3. The first-order chi connectivity index (χ1) is 17.3. The fourth-order valence-electron chi connectivity index (χ4n) is 3.34. The average molecular weight is 530 g/mol. The van der Waals surface area contributed by atoms with Crippen LogP contribution in [-0.4, -0.2) is 44.9 Å². The number of aromatic nitrogens is 3. The van der Waals surface area contributed by atoms with Crippen molar-refractivity contribution in [1.82, 2.24) is 20.1 Å². The molecule has 0 spiro atoms. The van der Waals surface area contributed by atoms with E-state index in [2.05, 4.69) is 20.8 Å². The molecule has 2 aromatic carbocycles. The Balaban J connectivity index is 1.60. The van der Waals surface area contributed by atoms with Gasteiger partial charge in [0.05, 0.1) is 34.6 Å².